The number of hydrogen-bond donors (Lipinski definition) is 4. The highest BCUT2D eigenvalue weighted by Crippen LogP contribution is 2.27. The first-order chi connectivity index (χ1) is 12.5. The summed E-state index contributed by atoms with van der Waals surface area (Å²) in [7, 11) is 0. The number of carbonyl (C=O) groups excluding carboxylic acids is 1. The summed E-state index contributed by atoms with van der Waals surface area (Å²) in [6.45, 7) is 2.18. The van der Waals surface area contributed by atoms with Crippen LogP contribution in [0.15, 0.2) is 24.4 Å². The minimum absolute atomic E-state index is 0.102. The molecule has 132 valence electrons. The number of anilines is 4. The van der Waals surface area contributed by atoms with Crippen LogP contribution in [0.4, 0.5) is 27.7 Å². The molecule has 0 unspecified atom stereocenters. The number of benzene rings is 1. The van der Waals surface area contributed by atoms with Crippen LogP contribution in [0.2, 0.25) is 5.02 Å². The van der Waals surface area contributed by atoms with Gasteiger partial charge in [0.25, 0.3) is 5.91 Å². The number of H-pyrrole nitrogens is 1. The van der Waals surface area contributed by atoms with Gasteiger partial charge in [-0.3, -0.25) is 9.89 Å². The molecule has 1 aromatic carbocycles. The van der Waals surface area contributed by atoms with Gasteiger partial charge in [-0.15, -0.1) is 0 Å². The zero-order valence-corrected chi connectivity index (χ0v) is 14.3. The van der Waals surface area contributed by atoms with E-state index in [4.69, 9.17) is 11.6 Å². The van der Waals surface area contributed by atoms with Crippen molar-refractivity contribution in [3.63, 3.8) is 0 Å². The monoisotopic (exact) mass is 373 g/mol. The molecule has 0 bridgehead atoms. The normalized spacial score (nSPS) is 12.7. The number of carbonyl (C=O) groups is 1. The molecule has 4 N–H and O–H groups in total. The molecule has 8 nitrogen and oxygen atoms in total. The number of aromatic amines is 1. The van der Waals surface area contributed by atoms with Gasteiger partial charge in [0.05, 0.1) is 11.9 Å². The Kier molecular flexibility index (Phi) is 3.92. The predicted octanol–water partition coefficient (Wildman–Crippen LogP) is 3.03. The quantitative estimate of drug-likeness (QED) is 0.560. The molecule has 1 aliphatic rings. The van der Waals surface area contributed by atoms with Crippen LogP contribution >= 0.6 is 11.6 Å². The molecule has 4 rings (SSSR count). The number of fused-ring (bicyclic) bond motifs is 1. The van der Waals surface area contributed by atoms with Crippen molar-refractivity contribution >= 4 is 40.8 Å². The first-order valence-electron chi connectivity index (χ1n) is 7.69. The molecule has 3 heterocycles. The molecule has 2 aromatic heterocycles. The minimum Gasteiger partial charge on any atom is -0.348 e. The highest BCUT2D eigenvalue weighted by molar-refractivity contribution is 6.32. The number of rotatable bonds is 4. The Balaban J connectivity index is 1.62. The molecule has 10 heteroatoms. The maximum Gasteiger partial charge on any atom is 0.251 e. The van der Waals surface area contributed by atoms with Crippen molar-refractivity contribution in [2.24, 2.45) is 0 Å². The fourth-order valence-electron chi connectivity index (χ4n) is 2.58. The number of nitrogens with one attached hydrogen (secondary N) is 4. The molecule has 1 aliphatic heterocycles. The summed E-state index contributed by atoms with van der Waals surface area (Å²) in [4.78, 5) is 20.0. The van der Waals surface area contributed by atoms with Gasteiger partial charge in [0.15, 0.2) is 11.6 Å². The molecular weight excluding hydrogens is 361 g/mol. The van der Waals surface area contributed by atoms with Crippen molar-refractivity contribution in [1.82, 2.24) is 25.5 Å². The van der Waals surface area contributed by atoms with E-state index in [2.05, 4.69) is 36.1 Å². The maximum atomic E-state index is 14.3. The van der Waals surface area contributed by atoms with Gasteiger partial charge in [-0.2, -0.15) is 10.1 Å². The second kappa shape index (κ2) is 6.26. The van der Waals surface area contributed by atoms with Crippen molar-refractivity contribution in [2.45, 2.75) is 13.5 Å². The Hall–Kier alpha value is -3.20. The number of nitrogens with zero attached hydrogens (tertiary/aromatic N) is 3. The number of halogens is 2. The van der Waals surface area contributed by atoms with E-state index < -0.39 is 5.82 Å². The third-order valence-corrected chi connectivity index (χ3v) is 4.10. The molecule has 3 aromatic rings. The van der Waals surface area contributed by atoms with Crippen LogP contribution in [-0.4, -0.2) is 26.1 Å². The summed E-state index contributed by atoms with van der Waals surface area (Å²) in [5.74, 6) is 0.235. The maximum absolute atomic E-state index is 14.3. The second-order valence-corrected chi connectivity index (χ2v) is 6.16. The van der Waals surface area contributed by atoms with Crippen LogP contribution in [0, 0.1) is 12.7 Å². The zero-order valence-electron chi connectivity index (χ0n) is 13.5. The van der Waals surface area contributed by atoms with E-state index in [1.54, 1.807) is 6.07 Å². The fourth-order valence-corrected chi connectivity index (χ4v) is 2.72. The molecule has 0 aliphatic carbocycles. The lowest BCUT2D eigenvalue weighted by atomic mass is 10.1. The van der Waals surface area contributed by atoms with Crippen molar-refractivity contribution in [3.8, 4) is 0 Å². The van der Waals surface area contributed by atoms with Crippen molar-refractivity contribution in [3.05, 3.63) is 52.1 Å². The molecule has 0 saturated carbocycles. The third kappa shape index (κ3) is 3.04. The molecular formula is C16H13ClFN7O. The number of aryl methyl sites for hydroxylation is 1. The summed E-state index contributed by atoms with van der Waals surface area (Å²) in [6.07, 6.45) is 1.39. The molecule has 0 fully saturated rings. The van der Waals surface area contributed by atoms with Gasteiger partial charge in [-0.25, -0.2) is 9.37 Å². The SMILES string of the molecule is Cc1cc(Nc2nc(Nc3cc4c(cc3F)CNC4=O)ncc2Cl)n[nH]1. The Labute approximate surface area is 152 Å². The van der Waals surface area contributed by atoms with Gasteiger partial charge in [-0.1, -0.05) is 11.6 Å². The van der Waals surface area contributed by atoms with Crippen LogP contribution in [-0.2, 0) is 6.54 Å². The summed E-state index contributed by atoms with van der Waals surface area (Å²) in [5.41, 5.74) is 2.01. The van der Waals surface area contributed by atoms with Crippen molar-refractivity contribution < 1.29 is 9.18 Å². The average Bonchev–Trinajstić information content (AvgIpc) is 3.17. The second-order valence-electron chi connectivity index (χ2n) is 5.75. The van der Waals surface area contributed by atoms with Crippen LogP contribution in [0.3, 0.4) is 0 Å². The molecule has 0 spiro atoms. The summed E-state index contributed by atoms with van der Waals surface area (Å²) in [5, 5.41) is 15.5. The highest BCUT2D eigenvalue weighted by atomic mass is 35.5. The van der Waals surface area contributed by atoms with E-state index in [0.29, 0.717) is 29.3 Å². The lowest BCUT2D eigenvalue weighted by molar-refractivity contribution is 0.0966. The van der Waals surface area contributed by atoms with Gasteiger partial charge in [-0.05, 0) is 24.6 Å². The van der Waals surface area contributed by atoms with E-state index in [1.807, 2.05) is 6.92 Å². The largest absolute Gasteiger partial charge is 0.348 e. The van der Waals surface area contributed by atoms with Crippen LogP contribution < -0.4 is 16.0 Å². The van der Waals surface area contributed by atoms with Crippen LogP contribution in [0.25, 0.3) is 0 Å². The molecule has 26 heavy (non-hydrogen) atoms. The average molecular weight is 374 g/mol. The van der Waals surface area contributed by atoms with Gasteiger partial charge in [0.1, 0.15) is 10.8 Å². The third-order valence-electron chi connectivity index (χ3n) is 3.82. The topological polar surface area (TPSA) is 108 Å². The summed E-state index contributed by atoms with van der Waals surface area (Å²) >= 11 is 6.10. The lowest BCUT2D eigenvalue weighted by Gasteiger charge is -2.10. The van der Waals surface area contributed by atoms with E-state index in [1.165, 1.54) is 18.3 Å². The number of hydrogen-bond acceptors (Lipinski definition) is 6. The fraction of sp³-hybridized carbons (Fsp3) is 0.125. The number of amides is 1. The number of aromatic nitrogens is 4. The van der Waals surface area contributed by atoms with E-state index in [0.717, 1.165) is 5.69 Å². The highest BCUT2D eigenvalue weighted by Gasteiger charge is 2.21. The van der Waals surface area contributed by atoms with Gasteiger partial charge >= 0.3 is 0 Å². The minimum atomic E-state index is -0.503. The van der Waals surface area contributed by atoms with E-state index >= 15 is 0 Å². The van der Waals surface area contributed by atoms with Gasteiger partial charge in [0.2, 0.25) is 5.95 Å². The van der Waals surface area contributed by atoms with E-state index in [9.17, 15) is 9.18 Å². The first-order valence-corrected chi connectivity index (χ1v) is 8.06. The Morgan fingerprint density at radius 3 is 2.88 bits per heavy atom. The Morgan fingerprint density at radius 2 is 2.12 bits per heavy atom. The van der Waals surface area contributed by atoms with Gasteiger partial charge in [0, 0.05) is 23.9 Å². The van der Waals surface area contributed by atoms with Crippen molar-refractivity contribution in [1.29, 1.82) is 0 Å². The Morgan fingerprint density at radius 1 is 1.27 bits per heavy atom. The lowest BCUT2D eigenvalue weighted by Crippen LogP contribution is -2.12. The zero-order chi connectivity index (χ0) is 18.3. The summed E-state index contributed by atoms with van der Waals surface area (Å²) in [6, 6.07) is 4.54. The standard InChI is InChI=1S/C16H13ClFN7O/c1-7-2-13(25-24-7)22-14-10(17)6-20-16(23-14)21-12-4-9-8(3-11(12)18)5-19-15(9)26/h2-4,6H,5H2,1H3,(H,19,26)(H3,20,21,22,23,24,25). The van der Waals surface area contributed by atoms with E-state index in [-0.39, 0.29) is 22.6 Å². The molecule has 0 atom stereocenters. The van der Waals surface area contributed by atoms with Gasteiger partial charge < -0.3 is 16.0 Å². The van der Waals surface area contributed by atoms with Crippen LogP contribution in [0.1, 0.15) is 21.6 Å². The van der Waals surface area contributed by atoms with Crippen LogP contribution in [0.5, 0.6) is 0 Å². The Bertz CT molecular complexity index is 1020. The molecule has 1 amide bonds. The smallest absolute Gasteiger partial charge is 0.251 e. The molecule has 0 radical (unpaired) electrons. The van der Waals surface area contributed by atoms with Crippen molar-refractivity contribution in [2.75, 3.05) is 10.6 Å². The predicted molar refractivity (Wildman–Crippen MR) is 94.5 cm³/mol. The molecule has 0 saturated heterocycles. The first kappa shape index (κ1) is 16.3. The summed E-state index contributed by atoms with van der Waals surface area (Å²) < 4.78 is 14.3.